The average molecular weight is 484 g/mol. The number of benzene rings is 1. The number of rotatable bonds is 7. The molecule has 1 fully saturated rings. The number of hydrogen-bond donors (Lipinski definition) is 2. The number of pyridine rings is 2. The van der Waals surface area contributed by atoms with Gasteiger partial charge in [-0.3, -0.25) is 14.5 Å². The average Bonchev–Trinajstić information content (AvgIpc) is 2.83. The number of ether oxygens (including phenoxy) is 1. The van der Waals surface area contributed by atoms with Gasteiger partial charge in [0.05, 0.1) is 34.6 Å². The molecule has 0 spiro atoms. The smallest absolute Gasteiger partial charge is 0.251 e. The highest BCUT2D eigenvalue weighted by molar-refractivity contribution is 8.00. The third-order valence-electron chi connectivity index (χ3n) is 6.03. The molecule has 10 heteroatoms. The summed E-state index contributed by atoms with van der Waals surface area (Å²) in [7, 11) is 0. The van der Waals surface area contributed by atoms with E-state index in [1.807, 2.05) is 12.1 Å². The molecule has 0 aliphatic carbocycles. The standard InChI is InChI=1S/C24H26FN5O3S/c25-17-3-1-16-2-6-23(32)30(20(16)11-17)8-7-29-9-10-33-19(14-29)13-26-12-18-4-5-21-24(27-18)28-22(31)15-34-21/h1-6,11,19,26H,7-10,12-15H2,(H,27,28,31)/t19-/m0/s1. The van der Waals surface area contributed by atoms with Gasteiger partial charge in [0.2, 0.25) is 5.91 Å². The van der Waals surface area contributed by atoms with E-state index in [2.05, 4.69) is 20.5 Å². The molecule has 34 heavy (non-hydrogen) atoms. The van der Waals surface area contributed by atoms with Gasteiger partial charge in [0.25, 0.3) is 5.56 Å². The molecule has 1 atom stereocenters. The summed E-state index contributed by atoms with van der Waals surface area (Å²) in [6.45, 7) is 4.55. The van der Waals surface area contributed by atoms with Gasteiger partial charge in [-0.15, -0.1) is 11.8 Å². The summed E-state index contributed by atoms with van der Waals surface area (Å²) in [4.78, 5) is 31.8. The molecule has 1 amide bonds. The molecule has 0 bridgehead atoms. The molecule has 2 aliphatic rings. The van der Waals surface area contributed by atoms with Gasteiger partial charge in [0.15, 0.2) is 0 Å². The van der Waals surface area contributed by atoms with Gasteiger partial charge < -0.3 is 19.9 Å². The molecular weight excluding hydrogens is 457 g/mol. The molecule has 0 unspecified atom stereocenters. The second-order valence-electron chi connectivity index (χ2n) is 8.44. The Hall–Kier alpha value is -2.79. The first-order valence-corrected chi connectivity index (χ1v) is 12.3. The predicted molar refractivity (Wildman–Crippen MR) is 130 cm³/mol. The van der Waals surface area contributed by atoms with Crippen LogP contribution < -0.4 is 16.2 Å². The Balaban J connectivity index is 1.14. The second-order valence-corrected chi connectivity index (χ2v) is 9.45. The number of anilines is 1. The van der Waals surface area contributed by atoms with Crippen molar-refractivity contribution in [3.05, 3.63) is 64.3 Å². The predicted octanol–water partition coefficient (Wildman–Crippen LogP) is 2.07. The highest BCUT2D eigenvalue weighted by Crippen LogP contribution is 2.29. The van der Waals surface area contributed by atoms with E-state index in [1.165, 1.54) is 30.0 Å². The number of aromatic nitrogens is 2. The minimum absolute atomic E-state index is 0.0170. The lowest BCUT2D eigenvalue weighted by molar-refractivity contribution is -0.113. The summed E-state index contributed by atoms with van der Waals surface area (Å²) in [6, 6.07) is 11.7. The molecule has 178 valence electrons. The Morgan fingerprint density at radius 1 is 1.18 bits per heavy atom. The van der Waals surface area contributed by atoms with Crippen molar-refractivity contribution in [2.45, 2.75) is 24.1 Å². The first kappa shape index (κ1) is 23.0. The van der Waals surface area contributed by atoms with Crippen LogP contribution in [0.4, 0.5) is 10.2 Å². The van der Waals surface area contributed by atoms with Crippen molar-refractivity contribution in [1.82, 2.24) is 19.8 Å². The van der Waals surface area contributed by atoms with Crippen molar-refractivity contribution in [3.8, 4) is 0 Å². The van der Waals surface area contributed by atoms with E-state index < -0.39 is 0 Å². The van der Waals surface area contributed by atoms with Gasteiger partial charge >= 0.3 is 0 Å². The highest BCUT2D eigenvalue weighted by atomic mass is 32.2. The number of thioether (sulfide) groups is 1. The number of nitrogens with zero attached hydrogens (tertiary/aromatic N) is 3. The fourth-order valence-corrected chi connectivity index (χ4v) is 5.06. The maximum Gasteiger partial charge on any atom is 0.251 e. The first-order chi connectivity index (χ1) is 16.5. The van der Waals surface area contributed by atoms with Gasteiger partial charge in [0, 0.05) is 45.3 Å². The van der Waals surface area contributed by atoms with Crippen LogP contribution in [-0.2, 0) is 22.6 Å². The minimum Gasteiger partial charge on any atom is -0.374 e. The topological polar surface area (TPSA) is 88.5 Å². The minimum atomic E-state index is -0.348. The van der Waals surface area contributed by atoms with Crippen molar-refractivity contribution in [2.75, 3.05) is 43.9 Å². The van der Waals surface area contributed by atoms with E-state index in [0.717, 1.165) is 29.1 Å². The zero-order valence-electron chi connectivity index (χ0n) is 18.6. The van der Waals surface area contributed by atoms with E-state index in [9.17, 15) is 14.0 Å². The molecule has 2 aliphatic heterocycles. The summed E-state index contributed by atoms with van der Waals surface area (Å²) < 4.78 is 21.3. The lowest BCUT2D eigenvalue weighted by atomic mass is 10.2. The van der Waals surface area contributed by atoms with Crippen LogP contribution in [0.2, 0.25) is 0 Å². The first-order valence-electron chi connectivity index (χ1n) is 11.3. The maximum atomic E-state index is 13.8. The van der Waals surface area contributed by atoms with Gasteiger partial charge in [-0.1, -0.05) is 0 Å². The fraction of sp³-hybridized carbons (Fsp3) is 0.375. The molecule has 8 nitrogen and oxygen atoms in total. The van der Waals surface area contributed by atoms with Crippen LogP contribution in [0, 0.1) is 5.82 Å². The number of amides is 1. The Bertz CT molecular complexity index is 1270. The molecule has 1 saturated heterocycles. The van der Waals surface area contributed by atoms with Gasteiger partial charge in [-0.25, -0.2) is 9.37 Å². The summed E-state index contributed by atoms with van der Waals surface area (Å²) in [5.41, 5.74) is 1.35. The second kappa shape index (κ2) is 10.2. The zero-order valence-corrected chi connectivity index (χ0v) is 19.4. The van der Waals surface area contributed by atoms with Crippen LogP contribution >= 0.6 is 11.8 Å². The van der Waals surface area contributed by atoms with Crippen molar-refractivity contribution in [1.29, 1.82) is 0 Å². The highest BCUT2D eigenvalue weighted by Gasteiger charge is 2.21. The lowest BCUT2D eigenvalue weighted by Gasteiger charge is -2.33. The van der Waals surface area contributed by atoms with E-state index in [4.69, 9.17) is 4.74 Å². The number of hydrogen-bond acceptors (Lipinski definition) is 7. The zero-order chi connectivity index (χ0) is 23.5. The van der Waals surface area contributed by atoms with Crippen LogP contribution in [0.1, 0.15) is 5.69 Å². The molecule has 4 heterocycles. The lowest BCUT2D eigenvalue weighted by Crippen LogP contribution is -2.47. The number of morpholine rings is 1. The molecule has 3 aromatic rings. The quantitative estimate of drug-likeness (QED) is 0.532. The molecular formula is C24H26FN5O3S. The normalized spacial score (nSPS) is 18.6. The molecule has 2 aromatic heterocycles. The summed E-state index contributed by atoms with van der Waals surface area (Å²) in [5, 5.41) is 7.06. The monoisotopic (exact) mass is 483 g/mol. The third-order valence-corrected chi connectivity index (χ3v) is 7.08. The number of carbonyl (C=O) groups excluding carboxylic acids is 1. The summed E-state index contributed by atoms with van der Waals surface area (Å²) in [5.74, 6) is 0.679. The van der Waals surface area contributed by atoms with E-state index in [1.54, 1.807) is 16.7 Å². The third kappa shape index (κ3) is 5.30. The van der Waals surface area contributed by atoms with Crippen molar-refractivity contribution in [2.24, 2.45) is 0 Å². The number of fused-ring (bicyclic) bond motifs is 2. The van der Waals surface area contributed by atoms with Crippen molar-refractivity contribution < 1.29 is 13.9 Å². The number of nitrogens with one attached hydrogen (secondary N) is 2. The van der Waals surface area contributed by atoms with Crippen LogP contribution in [-0.4, -0.2) is 65.0 Å². The Labute approximate surface area is 200 Å². The number of halogens is 1. The Morgan fingerprint density at radius 3 is 2.97 bits per heavy atom. The molecule has 2 N–H and O–H groups in total. The molecule has 1 aromatic carbocycles. The van der Waals surface area contributed by atoms with E-state index in [0.29, 0.717) is 49.9 Å². The van der Waals surface area contributed by atoms with E-state index >= 15 is 0 Å². The largest absolute Gasteiger partial charge is 0.374 e. The van der Waals surface area contributed by atoms with Crippen molar-refractivity contribution >= 4 is 34.4 Å². The Kier molecular flexibility index (Phi) is 6.91. The fourth-order valence-electron chi connectivity index (χ4n) is 4.30. The van der Waals surface area contributed by atoms with Crippen LogP contribution in [0.25, 0.3) is 10.9 Å². The van der Waals surface area contributed by atoms with Crippen LogP contribution in [0.15, 0.2) is 52.2 Å². The Morgan fingerprint density at radius 2 is 2.06 bits per heavy atom. The van der Waals surface area contributed by atoms with Gasteiger partial charge in [0.1, 0.15) is 11.6 Å². The molecule has 0 saturated carbocycles. The molecule has 5 rings (SSSR count). The van der Waals surface area contributed by atoms with Crippen LogP contribution in [0.3, 0.4) is 0 Å². The summed E-state index contributed by atoms with van der Waals surface area (Å²) in [6.07, 6.45) is 0.0170. The van der Waals surface area contributed by atoms with E-state index in [-0.39, 0.29) is 23.4 Å². The van der Waals surface area contributed by atoms with Gasteiger partial charge in [-0.2, -0.15) is 0 Å². The molecule has 0 radical (unpaired) electrons. The SMILES string of the molecule is O=C1CSc2ccc(CNC[C@H]3CN(CCn4c(=O)ccc5ccc(F)cc54)CCO3)nc2N1. The number of carbonyl (C=O) groups is 1. The van der Waals surface area contributed by atoms with Gasteiger partial charge in [-0.05, 0) is 41.8 Å². The van der Waals surface area contributed by atoms with Crippen molar-refractivity contribution in [3.63, 3.8) is 0 Å². The maximum absolute atomic E-state index is 13.8. The van der Waals surface area contributed by atoms with Crippen LogP contribution in [0.5, 0.6) is 0 Å². The summed E-state index contributed by atoms with van der Waals surface area (Å²) >= 11 is 1.50.